The number of nitrogens with zero attached hydrogens (tertiary/aromatic N) is 1. The Morgan fingerprint density at radius 2 is 2.05 bits per heavy atom. The SMILES string of the molecule is CNC(C)c1ccc(N2CC(CO)OC(C)(C)C2)cc1. The monoisotopic (exact) mass is 278 g/mol. The minimum atomic E-state index is -0.234. The normalized spacial score (nSPS) is 23.6. The predicted molar refractivity (Wildman–Crippen MR) is 82.2 cm³/mol. The van der Waals surface area contributed by atoms with E-state index >= 15 is 0 Å². The van der Waals surface area contributed by atoms with Crippen LogP contribution in [0.15, 0.2) is 24.3 Å². The average Bonchev–Trinajstić information content (AvgIpc) is 2.44. The molecule has 0 aromatic heterocycles. The van der Waals surface area contributed by atoms with Crippen molar-refractivity contribution in [2.75, 3.05) is 31.6 Å². The van der Waals surface area contributed by atoms with Gasteiger partial charge in [-0.2, -0.15) is 0 Å². The van der Waals surface area contributed by atoms with Crippen LogP contribution in [0, 0.1) is 0 Å². The van der Waals surface area contributed by atoms with E-state index in [1.54, 1.807) is 0 Å². The molecule has 112 valence electrons. The number of morpholine rings is 1. The summed E-state index contributed by atoms with van der Waals surface area (Å²) < 4.78 is 5.85. The van der Waals surface area contributed by atoms with Crippen molar-refractivity contribution in [3.05, 3.63) is 29.8 Å². The van der Waals surface area contributed by atoms with E-state index in [9.17, 15) is 5.11 Å². The quantitative estimate of drug-likeness (QED) is 0.883. The first-order valence-corrected chi connectivity index (χ1v) is 7.26. The van der Waals surface area contributed by atoms with Crippen LogP contribution in [-0.4, -0.2) is 43.6 Å². The van der Waals surface area contributed by atoms with Crippen LogP contribution in [0.5, 0.6) is 0 Å². The molecule has 2 rings (SSSR count). The van der Waals surface area contributed by atoms with Gasteiger partial charge in [-0.1, -0.05) is 12.1 Å². The van der Waals surface area contributed by atoms with Gasteiger partial charge in [0.05, 0.1) is 18.3 Å². The summed E-state index contributed by atoms with van der Waals surface area (Å²) in [5.74, 6) is 0. The zero-order valence-electron chi connectivity index (χ0n) is 12.9. The number of hydrogen-bond acceptors (Lipinski definition) is 4. The van der Waals surface area contributed by atoms with Crippen molar-refractivity contribution in [2.45, 2.75) is 38.5 Å². The summed E-state index contributed by atoms with van der Waals surface area (Å²) in [5.41, 5.74) is 2.23. The van der Waals surface area contributed by atoms with Crippen molar-refractivity contribution in [1.29, 1.82) is 0 Å². The van der Waals surface area contributed by atoms with E-state index in [-0.39, 0.29) is 18.3 Å². The minimum Gasteiger partial charge on any atom is -0.394 e. The van der Waals surface area contributed by atoms with Crippen molar-refractivity contribution in [3.63, 3.8) is 0 Å². The second-order valence-corrected chi connectivity index (χ2v) is 6.16. The lowest BCUT2D eigenvalue weighted by atomic mass is 10.0. The third-order valence-corrected chi connectivity index (χ3v) is 3.88. The summed E-state index contributed by atoms with van der Waals surface area (Å²) >= 11 is 0. The van der Waals surface area contributed by atoms with Crippen LogP contribution in [0.3, 0.4) is 0 Å². The molecule has 0 aliphatic carbocycles. The van der Waals surface area contributed by atoms with E-state index in [0.717, 1.165) is 13.1 Å². The van der Waals surface area contributed by atoms with Crippen molar-refractivity contribution in [2.24, 2.45) is 0 Å². The standard InChI is InChI=1S/C16H26N2O2/c1-12(17-4)13-5-7-14(8-6-13)18-9-15(10-19)20-16(2,3)11-18/h5-8,12,15,17,19H,9-11H2,1-4H3. The van der Waals surface area contributed by atoms with Crippen LogP contribution in [0.4, 0.5) is 5.69 Å². The van der Waals surface area contributed by atoms with Gasteiger partial charge in [0.15, 0.2) is 0 Å². The summed E-state index contributed by atoms with van der Waals surface area (Å²) in [7, 11) is 1.97. The van der Waals surface area contributed by atoms with Gasteiger partial charge in [0, 0.05) is 24.8 Å². The van der Waals surface area contributed by atoms with Gasteiger partial charge in [0.25, 0.3) is 0 Å². The second kappa shape index (κ2) is 6.12. The molecule has 2 unspecified atom stereocenters. The Bertz CT molecular complexity index is 431. The molecule has 4 nitrogen and oxygen atoms in total. The Morgan fingerprint density at radius 3 is 2.60 bits per heavy atom. The van der Waals surface area contributed by atoms with E-state index < -0.39 is 0 Å². The Kier molecular flexibility index (Phi) is 4.68. The highest BCUT2D eigenvalue weighted by atomic mass is 16.5. The molecule has 0 amide bonds. The van der Waals surface area contributed by atoms with E-state index in [0.29, 0.717) is 6.04 Å². The van der Waals surface area contributed by atoms with Crippen LogP contribution in [0.25, 0.3) is 0 Å². The number of ether oxygens (including phenoxy) is 1. The highest BCUT2D eigenvalue weighted by Gasteiger charge is 2.33. The van der Waals surface area contributed by atoms with Crippen LogP contribution in [-0.2, 0) is 4.74 Å². The highest BCUT2D eigenvalue weighted by molar-refractivity contribution is 5.49. The summed E-state index contributed by atoms with van der Waals surface area (Å²) in [6, 6.07) is 8.98. The molecule has 0 saturated carbocycles. The fourth-order valence-corrected chi connectivity index (χ4v) is 2.73. The number of hydrogen-bond donors (Lipinski definition) is 2. The fraction of sp³-hybridized carbons (Fsp3) is 0.625. The molecule has 0 bridgehead atoms. The zero-order valence-corrected chi connectivity index (χ0v) is 12.9. The van der Waals surface area contributed by atoms with E-state index in [1.165, 1.54) is 11.3 Å². The lowest BCUT2D eigenvalue weighted by Gasteiger charge is -2.43. The molecule has 2 N–H and O–H groups in total. The van der Waals surface area contributed by atoms with E-state index in [2.05, 4.69) is 55.3 Å². The van der Waals surface area contributed by atoms with Gasteiger partial charge < -0.3 is 20.1 Å². The van der Waals surface area contributed by atoms with Crippen LogP contribution in [0.1, 0.15) is 32.4 Å². The smallest absolute Gasteiger partial charge is 0.0988 e. The third kappa shape index (κ3) is 3.51. The first-order valence-electron chi connectivity index (χ1n) is 7.26. The fourth-order valence-electron chi connectivity index (χ4n) is 2.73. The summed E-state index contributed by atoms with van der Waals surface area (Å²) in [5, 5.41) is 12.6. The largest absolute Gasteiger partial charge is 0.394 e. The highest BCUT2D eigenvalue weighted by Crippen LogP contribution is 2.27. The maximum Gasteiger partial charge on any atom is 0.0988 e. The average molecular weight is 278 g/mol. The van der Waals surface area contributed by atoms with E-state index in [4.69, 9.17) is 4.74 Å². The number of aliphatic hydroxyl groups is 1. The number of benzene rings is 1. The van der Waals surface area contributed by atoms with E-state index in [1.807, 2.05) is 7.05 Å². The number of nitrogens with one attached hydrogen (secondary N) is 1. The summed E-state index contributed by atoms with van der Waals surface area (Å²) in [6.45, 7) is 7.92. The lowest BCUT2D eigenvalue weighted by Crippen LogP contribution is -2.54. The molecule has 1 aromatic carbocycles. The third-order valence-electron chi connectivity index (χ3n) is 3.88. The predicted octanol–water partition coefficient (Wildman–Crippen LogP) is 1.94. The summed E-state index contributed by atoms with van der Waals surface area (Å²) in [6.07, 6.45) is -0.116. The molecule has 1 saturated heterocycles. The van der Waals surface area contributed by atoms with Crippen molar-refractivity contribution in [1.82, 2.24) is 5.32 Å². The molecule has 1 aliphatic heterocycles. The van der Waals surface area contributed by atoms with Gasteiger partial charge in [-0.05, 0) is 45.5 Å². The molecule has 1 aromatic rings. The molecule has 0 radical (unpaired) electrons. The van der Waals surface area contributed by atoms with Crippen LogP contribution < -0.4 is 10.2 Å². The molecular weight excluding hydrogens is 252 g/mol. The number of aliphatic hydroxyl groups excluding tert-OH is 1. The van der Waals surface area contributed by atoms with Gasteiger partial charge in [-0.3, -0.25) is 0 Å². The van der Waals surface area contributed by atoms with Crippen molar-refractivity contribution < 1.29 is 9.84 Å². The molecule has 20 heavy (non-hydrogen) atoms. The van der Waals surface area contributed by atoms with Crippen molar-refractivity contribution in [3.8, 4) is 0 Å². The zero-order chi connectivity index (χ0) is 14.8. The lowest BCUT2D eigenvalue weighted by molar-refractivity contribution is -0.101. The first-order chi connectivity index (χ1) is 9.45. The van der Waals surface area contributed by atoms with Gasteiger partial charge in [0.1, 0.15) is 0 Å². The van der Waals surface area contributed by atoms with Crippen LogP contribution in [0.2, 0.25) is 0 Å². The van der Waals surface area contributed by atoms with Gasteiger partial charge >= 0.3 is 0 Å². The molecule has 1 aliphatic rings. The van der Waals surface area contributed by atoms with Crippen molar-refractivity contribution >= 4 is 5.69 Å². The molecule has 1 fully saturated rings. The number of rotatable bonds is 4. The second-order valence-electron chi connectivity index (χ2n) is 6.16. The Morgan fingerprint density at radius 1 is 1.40 bits per heavy atom. The topological polar surface area (TPSA) is 44.7 Å². The van der Waals surface area contributed by atoms with Gasteiger partial charge in [0.2, 0.25) is 0 Å². The molecule has 4 heteroatoms. The van der Waals surface area contributed by atoms with Gasteiger partial charge in [-0.15, -0.1) is 0 Å². The number of anilines is 1. The Balaban J connectivity index is 2.14. The molecule has 1 heterocycles. The molecular formula is C16H26N2O2. The molecule has 2 atom stereocenters. The Labute approximate surface area is 121 Å². The molecule has 0 spiro atoms. The summed E-state index contributed by atoms with van der Waals surface area (Å²) in [4.78, 5) is 2.29. The first kappa shape index (κ1) is 15.3. The maximum absolute atomic E-state index is 9.38. The van der Waals surface area contributed by atoms with Crippen LogP contribution >= 0.6 is 0 Å². The van der Waals surface area contributed by atoms with Gasteiger partial charge in [-0.25, -0.2) is 0 Å². The minimum absolute atomic E-state index is 0.0643. The maximum atomic E-state index is 9.38. The Hall–Kier alpha value is -1.10.